The molecule has 1 aliphatic rings. The van der Waals surface area contributed by atoms with Crippen molar-refractivity contribution in [2.75, 3.05) is 33.7 Å². The molecule has 1 aromatic carbocycles. The highest BCUT2D eigenvalue weighted by atomic mass is 16.4. The average molecular weight is 361 g/mol. The summed E-state index contributed by atoms with van der Waals surface area (Å²) in [7, 11) is 3.84. The van der Waals surface area contributed by atoms with E-state index < -0.39 is 5.97 Å². The van der Waals surface area contributed by atoms with Gasteiger partial charge in [-0.25, -0.2) is 0 Å². The van der Waals surface area contributed by atoms with Gasteiger partial charge in [-0.2, -0.15) is 0 Å². The van der Waals surface area contributed by atoms with Crippen LogP contribution in [-0.4, -0.2) is 77.5 Å². The third-order valence-corrected chi connectivity index (χ3v) is 5.31. The van der Waals surface area contributed by atoms with Crippen molar-refractivity contribution in [1.29, 1.82) is 0 Å². The fourth-order valence-corrected chi connectivity index (χ4v) is 3.54. The lowest BCUT2D eigenvalue weighted by atomic mass is 10.1. The number of carbonyl (C=O) groups excluding carboxylic acids is 1. The molecule has 1 heterocycles. The van der Waals surface area contributed by atoms with Crippen LogP contribution in [0.2, 0.25) is 0 Å². The van der Waals surface area contributed by atoms with E-state index in [1.165, 1.54) is 5.56 Å². The van der Waals surface area contributed by atoms with E-state index >= 15 is 0 Å². The van der Waals surface area contributed by atoms with Crippen molar-refractivity contribution >= 4 is 11.9 Å². The molecule has 1 N–H and O–H groups in total. The summed E-state index contributed by atoms with van der Waals surface area (Å²) in [6, 6.07) is 10.2. The Morgan fingerprint density at radius 1 is 1.19 bits per heavy atom. The molecule has 26 heavy (non-hydrogen) atoms. The Bertz CT molecular complexity index is 593. The van der Waals surface area contributed by atoms with Gasteiger partial charge >= 0.3 is 5.97 Å². The van der Waals surface area contributed by atoms with Crippen LogP contribution >= 0.6 is 0 Å². The summed E-state index contributed by atoms with van der Waals surface area (Å²) in [5.41, 5.74) is 1.20. The van der Waals surface area contributed by atoms with Gasteiger partial charge in [0.25, 0.3) is 0 Å². The molecule has 2 atom stereocenters. The summed E-state index contributed by atoms with van der Waals surface area (Å²) in [5.74, 6) is -0.647. The topological polar surface area (TPSA) is 64.1 Å². The highest BCUT2D eigenvalue weighted by Crippen LogP contribution is 2.17. The Labute approximate surface area is 156 Å². The van der Waals surface area contributed by atoms with Crippen LogP contribution in [0.3, 0.4) is 0 Å². The normalized spacial score (nSPS) is 19.4. The molecule has 1 aliphatic heterocycles. The van der Waals surface area contributed by atoms with E-state index in [-0.39, 0.29) is 24.5 Å². The lowest BCUT2D eigenvalue weighted by molar-refractivity contribution is -0.139. The molecule has 0 bridgehead atoms. The number of carboxylic acid groups (broad SMARTS) is 1. The van der Waals surface area contributed by atoms with Gasteiger partial charge in [0.15, 0.2) is 0 Å². The number of nitrogens with zero attached hydrogens (tertiary/aromatic N) is 3. The second-order valence-electron chi connectivity index (χ2n) is 7.30. The largest absolute Gasteiger partial charge is 0.480 e. The molecule has 144 valence electrons. The molecule has 6 heteroatoms. The van der Waals surface area contributed by atoms with Crippen molar-refractivity contribution in [3.05, 3.63) is 35.9 Å². The Kier molecular flexibility index (Phi) is 7.60. The van der Waals surface area contributed by atoms with Crippen molar-refractivity contribution in [3.8, 4) is 0 Å². The van der Waals surface area contributed by atoms with Crippen LogP contribution in [0.1, 0.15) is 31.7 Å². The van der Waals surface area contributed by atoms with Gasteiger partial charge in [0.05, 0.1) is 12.6 Å². The van der Waals surface area contributed by atoms with Gasteiger partial charge in [-0.05, 0) is 45.8 Å². The van der Waals surface area contributed by atoms with Crippen LogP contribution in [-0.2, 0) is 16.1 Å². The zero-order valence-corrected chi connectivity index (χ0v) is 16.1. The first-order valence-electron chi connectivity index (χ1n) is 9.33. The van der Waals surface area contributed by atoms with Crippen LogP contribution in [0.5, 0.6) is 0 Å². The molecular formula is C20H31N3O3. The smallest absolute Gasteiger partial charge is 0.317 e. The van der Waals surface area contributed by atoms with Crippen LogP contribution in [0.4, 0.5) is 0 Å². The third-order valence-electron chi connectivity index (χ3n) is 5.31. The molecule has 0 spiro atoms. The fraction of sp³-hybridized carbons (Fsp3) is 0.600. The van der Waals surface area contributed by atoms with Crippen LogP contribution < -0.4 is 0 Å². The molecule has 2 rings (SSSR count). The monoisotopic (exact) mass is 361 g/mol. The summed E-state index contributed by atoms with van der Waals surface area (Å²) in [5, 5.41) is 8.97. The summed E-state index contributed by atoms with van der Waals surface area (Å²) < 4.78 is 0. The molecule has 1 amide bonds. The highest BCUT2D eigenvalue weighted by Gasteiger charge is 2.28. The molecule has 0 saturated carbocycles. The second kappa shape index (κ2) is 9.69. The predicted octanol–water partition coefficient (Wildman–Crippen LogP) is 1.90. The molecule has 1 fully saturated rings. The third kappa shape index (κ3) is 5.81. The average Bonchev–Trinajstić information content (AvgIpc) is 2.87. The predicted molar refractivity (Wildman–Crippen MR) is 102 cm³/mol. The van der Waals surface area contributed by atoms with Crippen molar-refractivity contribution in [2.24, 2.45) is 0 Å². The molecule has 1 aromatic rings. The molecule has 6 nitrogen and oxygen atoms in total. The quantitative estimate of drug-likeness (QED) is 0.804. The van der Waals surface area contributed by atoms with E-state index in [1.807, 2.05) is 49.0 Å². The van der Waals surface area contributed by atoms with Crippen molar-refractivity contribution in [1.82, 2.24) is 14.7 Å². The zero-order valence-electron chi connectivity index (χ0n) is 16.1. The van der Waals surface area contributed by atoms with E-state index in [1.54, 1.807) is 0 Å². The van der Waals surface area contributed by atoms with Crippen molar-refractivity contribution in [3.63, 3.8) is 0 Å². The fourth-order valence-electron chi connectivity index (χ4n) is 3.54. The Morgan fingerprint density at radius 2 is 1.88 bits per heavy atom. The van der Waals surface area contributed by atoms with Gasteiger partial charge in [-0.1, -0.05) is 30.3 Å². The standard InChI is InChI=1S/C20H31N3O3/c1-16(21(2)14-17-8-5-4-6-9-17)20(26)23-12-7-10-18(11-13-23)22(3)15-19(24)25/h4-6,8-9,16,18H,7,10-15H2,1-3H3,(H,24,25)/t16-,18+/m0/s1. The minimum Gasteiger partial charge on any atom is -0.480 e. The number of aliphatic carboxylic acids is 1. The molecule has 0 aromatic heterocycles. The molecule has 1 saturated heterocycles. The minimum atomic E-state index is -0.805. The number of likely N-dealkylation sites (N-methyl/N-ethyl adjacent to an activating group) is 2. The highest BCUT2D eigenvalue weighted by molar-refractivity contribution is 5.81. The van der Waals surface area contributed by atoms with E-state index in [9.17, 15) is 9.59 Å². The summed E-state index contributed by atoms with van der Waals surface area (Å²) in [4.78, 5) is 29.7. The van der Waals surface area contributed by atoms with Gasteiger partial charge in [-0.3, -0.25) is 19.4 Å². The number of hydrogen-bond acceptors (Lipinski definition) is 4. The first-order chi connectivity index (χ1) is 12.4. The maximum absolute atomic E-state index is 12.9. The molecular weight excluding hydrogens is 330 g/mol. The SMILES string of the molecule is C[C@@H](C(=O)N1CCC[C@@H](N(C)CC(=O)O)CC1)N(C)Cc1ccccc1. The summed E-state index contributed by atoms with van der Waals surface area (Å²) in [6.45, 7) is 4.20. The number of hydrogen-bond donors (Lipinski definition) is 1. The van der Waals surface area contributed by atoms with Crippen molar-refractivity contribution < 1.29 is 14.7 Å². The first kappa shape index (κ1) is 20.4. The number of likely N-dealkylation sites (tertiary alicyclic amines) is 1. The van der Waals surface area contributed by atoms with Gasteiger partial charge < -0.3 is 10.0 Å². The zero-order chi connectivity index (χ0) is 19.1. The first-order valence-corrected chi connectivity index (χ1v) is 9.33. The molecule has 0 aliphatic carbocycles. The van der Waals surface area contributed by atoms with E-state index in [0.717, 1.165) is 32.4 Å². The summed E-state index contributed by atoms with van der Waals surface area (Å²) in [6.07, 6.45) is 2.67. The van der Waals surface area contributed by atoms with Gasteiger partial charge in [-0.15, -0.1) is 0 Å². The van der Waals surface area contributed by atoms with E-state index in [0.29, 0.717) is 6.54 Å². The van der Waals surface area contributed by atoms with Gasteiger partial charge in [0, 0.05) is 25.7 Å². The van der Waals surface area contributed by atoms with Crippen LogP contribution in [0.15, 0.2) is 30.3 Å². The number of benzene rings is 1. The Balaban J connectivity index is 1.89. The number of carboxylic acids is 1. The van der Waals surface area contributed by atoms with Gasteiger partial charge in [0.1, 0.15) is 0 Å². The molecule has 0 unspecified atom stereocenters. The van der Waals surface area contributed by atoms with Crippen LogP contribution in [0, 0.1) is 0 Å². The lowest BCUT2D eigenvalue weighted by Gasteiger charge is -2.30. The number of carbonyl (C=O) groups is 2. The number of rotatable bonds is 7. The minimum absolute atomic E-state index is 0.0504. The molecule has 0 radical (unpaired) electrons. The summed E-state index contributed by atoms with van der Waals surface area (Å²) >= 11 is 0. The maximum atomic E-state index is 12.9. The maximum Gasteiger partial charge on any atom is 0.317 e. The number of amides is 1. The van der Waals surface area contributed by atoms with Crippen LogP contribution in [0.25, 0.3) is 0 Å². The van der Waals surface area contributed by atoms with Crippen molar-refractivity contribution in [2.45, 2.75) is 44.8 Å². The lowest BCUT2D eigenvalue weighted by Crippen LogP contribution is -2.46. The van der Waals surface area contributed by atoms with Gasteiger partial charge in [0.2, 0.25) is 5.91 Å². The van der Waals surface area contributed by atoms with E-state index in [2.05, 4.69) is 17.0 Å². The second-order valence-corrected chi connectivity index (χ2v) is 7.30. The Hall–Kier alpha value is -1.92. The van der Waals surface area contributed by atoms with E-state index in [4.69, 9.17) is 5.11 Å². The Morgan fingerprint density at radius 3 is 2.54 bits per heavy atom.